The van der Waals surface area contributed by atoms with Gasteiger partial charge in [0.1, 0.15) is 0 Å². The molecule has 1 aromatic carbocycles. The first-order valence-corrected chi connectivity index (χ1v) is 7.77. The smallest absolute Gasteiger partial charge is 0.277 e. The fraction of sp³-hybridized carbons (Fsp3) is 0.0667. The van der Waals surface area contributed by atoms with Crippen LogP contribution in [0.15, 0.2) is 53.6 Å². The van der Waals surface area contributed by atoms with E-state index in [-0.39, 0.29) is 17.2 Å². The van der Waals surface area contributed by atoms with E-state index in [4.69, 9.17) is 11.6 Å². The van der Waals surface area contributed by atoms with E-state index < -0.39 is 0 Å². The molecular formula is C15H11ClN4O2S. The Kier molecular flexibility index (Phi) is 4.50. The highest BCUT2D eigenvalue weighted by atomic mass is 35.5. The van der Waals surface area contributed by atoms with E-state index in [0.29, 0.717) is 17.3 Å². The zero-order valence-corrected chi connectivity index (χ0v) is 13.3. The molecule has 0 fully saturated rings. The molecule has 0 unspecified atom stereocenters. The molecule has 0 saturated heterocycles. The summed E-state index contributed by atoms with van der Waals surface area (Å²) in [4.78, 5) is 24.0. The number of benzene rings is 1. The van der Waals surface area contributed by atoms with E-state index >= 15 is 0 Å². The minimum absolute atomic E-state index is 0.182. The first-order valence-electron chi connectivity index (χ1n) is 6.66. The summed E-state index contributed by atoms with van der Waals surface area (Å²) in [5, 5.41) is 3.27. The Hall–Kier alpha value is -2.51. The second kappa shape index (κ2) is 6.72. The molecule has 2 aromatic heterocycles. The van der Waals surface area contributed by atoms with Crippen molar-refractivity contribution in [2.24, 2.45) is 0 Å². The van der Waals surface area contributed by atoms with Crippen LogP contribution in [-0.4, -0.2) is 19.2 Å². The maximum atomic E-state index is 12.0. The second-order valence-corrected chi connectivity index (χ2v) is 5.69. The molecule has 1 N–H and O–H groups in total. The van der Waals surface area contributed by atoms with Gasteiger partial charge in [0.2, 0.25) is 0 Å². The van der Waals surface area contributed by atoms with Gasteiger partial charge in [-0.15, -0.1) is 0 Å². The van der Waals surface area contributed by atoms with E-state index in [9.17, 15) is 9.59 Å². The highest BCUT2D eigenvalue weighted by Crippen LogP contribution is 2.16. The second-order valence-electron chi connectivity index (χ2n) is 4.72. The lowest BCUT2D eigenvalue weighted by molar-refractivity contribution is 0.102. The van der Waals surface area contributed by atoms with E-state index in [1.807, 2.05) is 18.2 Å². The number of carbonyl (C=O) groups excluding carboxylic acids is 1. The number of nitrogens with one attached hydrogen (secondary N) is 1. The molecule has 2 heterocycles. The van der Waals surface area contributed by atoms with Crippen molar-refractivity contribution in [1.82, 2.24) is 13.3 Å². The molecule has 0 saturated carbocycles. The van der Waals surface area contributed by atoms with E-state index in [0.717, 1.165) is 17.3 Å². The average Bonchev–Trinajstić information content (AvgIpc) is 3.07. The number of anilines is 1. The molecule has 6 nitrogen and oxygen atoms in total. The van der Waals surface area contributed by atoms with Crippen molar-refractivity contribution >= 4 is 34.9 Å². The fourth-order valence-electron chi connectivity index (χ4n) is 2.00. The van der Waals surface area contributed by atoms with Gasteiger partial charge in [0, 0.05) is 17.3 Å². The highest BCUT2D eigenvalue weighted by molar-refractivity contribution is 6.99. The minimum Gasteiger partial charge on any atom is -0.319 e. The Bertz CT molecular complexity index is 892. The van der Waals surface area contributed by atoms with Gasteiger partial charge < -0.3 is 9.88 Å². The van der Waals surface area contributed by atoms with Crippen LogP contribution in [-0.2, 0) is 6.54 Å². The van der Waals surface area contributed by atoms with Crippen molar-refractivity contribution in [1.29, 1.82) is 0 Å². The van der Waals surface area contributed by atoms with Gasteiger partial charge in [-0.3, -0.25) is 9.59 Å². The van der Waals surface area contributed by atoms with Crippen LogP contribution in [0.3, 0.4) is 0 Å². The minimum atomic E-state index is -0.373. The van der Waals surface area contributed by atoms with Gasteiger partial charge in [-0.05, 0) is 17.7 Å². The molecule has 0 radical (unpaired) electrons. The largest absolute Gasteiger partial charge is 0.319 e. The van der Waals surface area contributed by atoms with Gasteiger partial charge in [-0.1, -0.05) is 29.8 Å². The number of hydrogen-bond donors (Lipinski definition) is 1. The lowest BCUT2D eigenvalue weighted by Gasteiger charge is -2.10. The first kappa shape index (κ1) is 15.4. The molecule has 0 aliphatic rings. The zero-order valence-electron chi connectivity index (χ0n) is 11.8. The SMILES string of the molecule is O=C(Nc1ccc(=O)n(Cc2ccccc2Cl)c1)c1cnsn1. The van der Waals surface area contributed by atoms with Crippen LogP contribution in [0.4, 0.5) is 5.69 Å². The van der Waals surface area contributed by atoms with Crippen LogP contribution in [0.1, 0.15) is 16.1 Å². The average molecular weight is 347 g/mol. The molecule has 3 aromatic rings. The fourth-order valence-corrected chi connectivity index (χ4v) is 2.61. The zero-order chi connectivity index (χ0) is 16.2. The Morgan fingerprint density at radius 2 is 2.09 bits per heavy atom. The normalized spacial score (nSPS) is 10.5. The van der Waals surface area contributed by atoms with Crippen LogP contribution in [0.25, 0.3) is 0 Å². The van der Waals surface area contributed by atoms with Crippen molar-refractivity contribution in [2.75, 3.05) is 5.32 Å². The summed E-state index contributed by atoms with van der Waals surface area (Å²) in [5.41, 5.74) is 1.37. The Morgan fingerprint density at radius 1 is 1.26 bits per heavy atom. The maximum absolute atomic E-state index is 12.0. The summed E-state index contributed by atoms with van der Waals surface area (Å²) in [5.74, 6) is -0.373. The Labute approximate surface area is 140 Å². The van der Waals surface area contributed by atoms with Gasteiger partial charge in [-0.25, -0.2) is 0 Å². The summed E-state index contributed by atoms with van der Waals surface area (Å²) in [7, 11) is 0. The molecule has 8 heteroatoms. The number of amides is 1. The van der Waals surface area contributed by atoms with Gasteiger partial charge in [-0.2, -0.15) is 8.75 Å². The number of halogens is 1. The molecule has 0 aliphatic heterocycles. The third kappa shape index (κ3) is 3.64. The van der Waals surface area contributed by atoms with Crippen molar-refractivity contribution in [3.8, 4) is 0 Å². The van der Waals surface area contributed by atoms with Crippen molar-refractivity contribution < 1.29 is 4.79 Å². The topological polar surface area (TPSA) is 76.9 Å². The molecule has 0 bridgehead atoms. The van der Waals surface area contributed by atoms with E-state index in [2.05, 4.69) is 14.1 Å². The molecule has 0 aliphatic carbocycles. The third-order valence-electron chi connectivity index (χ3n) is 3.13. The summed E-state index contributed by atoms with van der Waals surface area (Å²) in [6, 6.07) is 10.2. The van der Waals surface area contributed by atoms with Gasteiger partial charge in [0.15, 0.2) is 5.69 Å². The lowest BCUT2D eigenvalue weighted by Crippen LogP contribution is -2.21. The Morgan fingerprint density at radius 3 is 2.83 bits per heavy atom. The van der Waals surface area contributed by atoms with Crippen LogP contribution in [0.5, 0.6) is 0 Å². The predicted octanol–water partition coefficient (Wildman–Crippen LogP) is 2.65. The summed E-state index contributed by atoms with van der Waals surface area (Å²) in [6.07, 6.45) is 2.96. The molecule has 116 valence electrons. The summed E-state index contributed by atoms with van der Waals surface area (Å²) >= 11 is 7.08. The maximum Gasteiger partial charge on any atom is 0.277 e. The summed E-state index contributed by atoms with van der Waals surface area (Å²) in [6.45, 7) is 0.320. The van der Waals surface area contributed by atoms with Gasteiger partial charge in [0.05, 0.1) is 30.2 Å². The van der Waals surface area contributed by atoms with E-state index in [1.54, 1.807) is 18.3 Å². The van der Waals surface area contributed by atoms with Gasteiger partial charge >= 0.3 is 0 Å². The predicted molar refractivity (Wildman–Crippen MR) is 89.1 cm³/mol. The number of rotatable bonds is 4. The molecular weight excluding hydrogens is 336 g/mol. The number of aromatic nitrogens is 3. The van der Waals surface area contributed by atoms with Crippen molar-refractivity contribution in [2.45, 2.75) is 6.54 Å². The number of carbonyl (C=O) groups is 1. The Balaban J connectivity index is 1.83. The summed E-state index contributed by atoms with van der Waals surface area (Å²) < 4.78 is 9.13. The van der Waals surface area contributed by atoms with Crippen molar-refractivity contribution in [3.63, 3.8) is 0 Å². The van der Waals surface area contributed by atoms with Crippen LogP contribution in [0.2, 0.25) is 5.02 Å². The van der Waals surface area contributed by atoms with E-state index in [1.165, 1.54) is 16.8 Å². The van der Waals surface area contributed by atoms with Crippen molar-refractivity contribution in [3.05, 3.63) is 75.4 Å². The van der Waals surface area contributed by atoms with Crippen LogP contribution >= 0.6 is 23.3 Å². The lowest BCUT2D eigenvalue weighted by atomic mass is 10.2. The number of nitrogens with zero attached hydrogens (tertiary/aromatic N) is 3. The van der Waals surface area contributed by atoms with Crippen LogP contribution in [0, 0.1) is 0 Å². The third-order valence-corrected chi connectivity index (χ3v) is 3.98. The first-order chi connectivity index (χ1) is 11.1. The number of pyridine rings is 1. The molecule has 0 atom stereocenters. The molecule has 1 amide bonds. The standard InChI is InChI=1S/C15H11ClN4O2S/c16-12-4-2-1-3-10(12)8-20-9-11(5-6-14(20)21)18-15(22)13-7-17-23-19-13/h1-7,9H,8H2,(H,18,22). The quantitative estimate of drug-likeness (QED) is 0.787. The monoisotopic (exact) mass is 346 g/mol. The molecule has 0 spiro atoms. The number of hydrogen-bond acceptors (Lipinski definition) is 5. The van der Waals surface area contributed by atoms with Crippen LogP contribution < -0.4 is 10.9 Å². The molecule has 23 heavy (non-hydrogen) atoms. The molecule has 3 rings (SSSR count). The highest BCUT2D eigenvalue weighted by Gasteiger charge is 2.10. The van der Waals surface area contributed by atoms with Gasteiger partial charge in [0.25, 0.3) is 11.5 Å².